The number of rotatable bonds is 7. The van der Waals surface area contributed by atoms with Gasteiger partial charge in [-0.25, -0.2) is 0 Å². The number of benzene rings is 2. The second-order valence-electron chi connectivity index (χ2n) is 7.22. The van der Waals surface area contributed by atoms with Crippen LogP contribution in [0.4, 0.5) is 13.2 Å². The SMILES string of the molecule is COc1cc(OC)cc(C(=O)N2CCN(Cc3cccc(OCC(F)(F)F)c3)CC2)c1. The highest BCUT2D eigenvalue weighted by molar-refractivity contribution is 5.95. The van der Waals surface area contributed by atoms with E-state index in [1.54, 1.807) is 35.2 Å². The summed E-state index contributed by atoms with van der Waals surface area (Å²) in [5, 5.41) is 0. The largest absolute Gasteiger partial charge is 0.497 e. The molecule has 1 saturated heterocycles. The molecule has 9 heteroatoms. The maximum Gasteiger partial charge on any atom is 0.422 e. The van der Waals surface area contributed by atoms with E-state index in [0.717, 1.165) is 5.56 Å². The number of hydrogen-bond donors (Lipinski definition) is 0. The normalized spacial score (nSPS) is 14.9. The molecular formula is C22H25F3N2O4. The summed E-state index contributed by atoms with van der Waals surface area (Å²) in [5.41, 5.74) is 1.36. The van der Waals surface area contributed by atoms with Gasteiger partial charge in [0.1, 0.15) is 17.2 Å². The molecule has 0 aliphatic carbocycles. The Kier molecular flexibility index (Phi) is 7.27. The monoisotopic (exact) mass is 438 g/mol. The highest BCUT2D eigenvalue weighted by Crippen LogP contribution is 2.24. The number of carbonyl (C=O) groups excluding carboxylic acids is 1. The van der Waals surface area contributed by atoms with Gasteiger partial charge in [-0.15, -0.1) is 0 Å². The fourth-order valence-corrected chi connectivity index (χ4v) is 3.38. The smallest absolute Gasteiger partial charge is 0.422 e. The van der Waals surface area contributed by atoms with Gasteiger partial charge in [-0.1, -0.05) is 12.1 Å². The lowest BCUT2D eigenvalue weighted by Crippen LogP contribution is -2.48. The summed E-state index contributed by atoms with van der Waals surface area (Å²) >= 11 is 0. The van der Waals surface area contributed by atoms with E-state index in [4.69, 9.17) is 14.2 Å². The summed E-state index contributed by atoms with van der Waals surface area (Å²) in [7, 11) is 3.07. The average molecular weight is 438 g/mol. The molecule has 0 unspecified atom stereocenters. The lowest BCUT2D eigenvalue weighted by atomic mass is 10.1. The molecule has 1 heterocycles. The van der Waals surface area contributed by atoms with Crippen molar-refractivity contribution in [2.45, 2.75) is 12.7 Å². The van der Waals surface area contributed by atoms with E-state index in [9.17, 15) is 18.0 Å². The van der Waals surface area contributed by atoms with Gasteiger partial charge in [-0.05, 0) is 29.8 Å². The van der Waals surface area contributed by atoms with Gasteiger partial charge in [0.25, 0.3) is 5.91 Å². The molecule has 0 radical (unpaired) electrons. The van der Waals surface area contributed by atoms with Crippen LogP contribution >= 0.6 is 0 Å². The second-order valence-corrected chi connectivity index (χ2v) is 7.22. The predicted molar refractivity (Wildman–Crippen MR) is 109 cm³/mol. The Balaban J connectivity index is 1.56. The van der Waals surface area contributed by atoms with Crippen LogP contribution in [0.15, 0.2) is 42.5 Å². The quantitative estimate of drug-likeness (QED) is 0.661. The van der Waals surface area contributed by atoms with Crippen LogP contribution in [-0.2, 0) is 6.54 Å². The zero-order chi connectivity index (χ0) is 22.4. The fourth-order valence-electron chi connectivity index (χ4n) is 3.38. The minimum atomic E-state index is -4.37. The molecule has 0 N–H and O–H groups in total. The zero-order valence-corrected chi connectivity index (χ0v) is 17.4. The second kappa shape index (κ2) is 9.91. The lowest BCUT2D eigenvalue weighted by Gasteiger charge is -2.35. The molecule has 1 amide bonds. The molecule has 0 atom stereocenters. The van der Waals surface area contributed by atoms with Crippen molar-refractivity contribution in [3.63, 3.8) is 0 Å². The Morgan fingerprint density at radius 2 is 1.58 bits per heavy atom. The lowest BCUT2D eigenvalue weighted by molar-refractivity contribution is -0.153. The van der Waals surface area contributed by atoms with Crippen molar-refractivity contribution < 1.29 is 32.2 Å². The van der Waals surface area contributed by atoms with Crippen LogP contribution in [-0.4, -0.2) is 68.9 Å². The van der Waals surface area contributed by atoms with Gasteiger partial charge >= 0.3 is 6.18 Å². The van der Waals surface area contributed by atoms with Crippen molar-refractivity contribution in [3.8, 4) is 17.2 Å². The van der Waals surface area contributed by atoms with E-state index < -0.39 is 12.8 Å². The third-order valence-electron chi connectivity index (χ3n) is 4.97. The molecule has 0 bridgehead atoms. The third kappa shape index (κ3) is 6.52. The van der Waals surface area contributed by atoms with Gasteiger partial charge < -0.3 is 19.1 Å². The Labute approximate surface area is 179 Å². The summed E-state index contributed by atoms with van der Waals surface area (Å²) < 4.78 is 52.3. The van der Waals surface area contributed by atoms with Gasteiger partial charge in [0.05, 0.1) is 14.2 Å². The van der Waals surface area contributed by atoms with Crippen molar-refractivity contribution in [2.24, 2.45) is 0 Å². The summed E-state index contributed by atoms with van der Waals surface area (Å²) in [6.45, 7) is 1.65. The van der Waals surface area contributed by atoms with Gasteiger partial charge in [0, 0.05) is 44.4 Å². The predicted octanol–water partition coefficient (Wildman–Crippen LogP) is 3.60. The Morgan fingerprint density at radius 3 is 2.16 bits per heavy atom. The van der Waals surface area contributed by atoms with Crippen LogP contribution in [0.2, 0.25) is 0 Å². The van der Waals surface area contributed by atoms with Crippen molar-refractivity contribution >= 4 is 5.91 Å². The average Bonchev–Trinajstić information content (AvgIpc) is 2.77. The Morgan fingerprint density at radius 1 is 0.935 bits per heavy atom. The zero-order valence-electron chi connectivity index (χ0n) is 17.4. The van der Waals surface area contributed by atoms with Gasteiger partial charge in [0.15, 0.2) is 6.61 Å². The van der Waals surface area contributed by atoms with Crippen LogP contribution < -0.4 is 14.2 Å². The van der Waals surface area contributed by atoms with Gasteiger partial charge in [-0.2, -0.15) is 13.2 Å². The number of nitrogens with zero attached hydrogens (tertiary/aromatic N) is 2. The summed E-state index contributed by atoms with van der Waals surface area (Å²) in [5.74, 6) is 1.19. The maximum atomic E-state index is 12.9. The number of hydrogen-bond acceptors (Lipinski definition) is 5. The molecule has 0 aromatic heterocycles. The standard InChI is InChI=1S/C22H25F3N2O4/c1-29-19-11-17(12-20(13-19)30-2)21(28)27-8-6-26(7-9-27)14-16-4-3-5-18(10-16)31-15-22(23,24)25/h3-5,10-13H,6-9,14-15H2,1-2H3. The van der Waals surface area contributed by atoms with E-state index in [-0.39, 0.29) is 11.7 Å². The number of methoxy groups -OCH3 is 2. The van der Waals surface area contributed by atoms with E-state index in [2.05, 4.69) is 4.90 Å². The molecule has 31 heavy (non-hydrogen) atoms. The van der Waals surface area contributed by atoms with Crippen molar-refractivity contribution in [1.82, 2.24) is 9.80 Å². The number of halogens is 3. The first kappa shape index (κ1) is 22.7. The van der Waals surface area contributed by atoms with E-state index in [1.165, 1.54) is 20.3 Å². The number of ether oxygens (including phenoxy) is 3. The molecule has 2 aromatic rings. The number of alkyl halides is 3. The van der Waals surface area contributed by atoms with Crippen LogP contribution in [0.1, 0.15) is 15.9 Å². The molecule has 1 aliphatic rings. The summed E-state index contributed by atoms with van der Waals surface area (Å²) in [6, 6.07) is 11.7. The molecular weight excluding hydrogens is 413 g/mol. The molecule has 6 nitrogen and oxygen atoms in total. The Hall–Kier alpha value is -2.94. The first-order valence-corrected chi connectivity index (χ1v) is 9.80. The number of amides is 1. The molecule has 1 aliphatic heterocycles. The van der Waals surface area contributed by atoms with E-state index in [0.29, 0.717) is 49.8 Å². The summed E-state index contributed by atoms with van der Waals surface area (Å²) in [4.78, 5) is 16.8. The molecule has 1 fully saturated rings. The minimum Gasteiger partial charge on any atom is -0.497 e. The molecule has 0 spiro atoms. The first-order chi connectivity index (χ1) is 14.8. The van der Waals surface area contributed by atoms with Crippen LogP contribution in [0.25, 0.3) is 0 Å². The van der Waals surface area contributed by atoms with Crippen molar-refractivity contribution in [3.05, 3.63) is 53.6 Å². The van der Waals surface area contributed by atoms with Crippen molar-refractivity contribution in [1.29, 1.82) is 0 Å². The molecule has 168 valence electrons. The van der Waals surface area contributed by atoms with Crippen LogP contribution in [0.5, 0.6) is 17.2 Å². The number of piperazine rings is 1. The number of carbonyl (C=O) groups is 1. The van der Waals surface area contributed by atoms with Gasteiger partial charge in [-0.3, -0.25) is 9.69 Å². The molecule has 3 rings (SSSR count). The van der Waals surface area contributed by atoms with Crippen LogP contribution in [0, 0.1) is 0 Å². The first-order valence-electron chi connectivity index (χ1n) is 9.80. The molecule has 2 aromatic carbocycles. The van der Waals surface area contributed by atoms with E-state index in [1.807, 2.05) is 6.07 Å². The Bertz CT molecular complexity index is 874. The molecule has 0 saturated carbocycles. The highest BCUT2D eigenvalue weighted by Gasteiger charge is 2.28. The third-order valence-corrected chi connectivity index (χ3v) is 4.97. The van der Waals surface area contributed by atoms with E-state index >= 15 is 0 Å². The maximum absolute atomic E-state index is 12.9. The summed E-state index contributed by atoms with van der Waals surface area (Å²) in [6.07, 6.45) is -4.37. The highest BCUT2D eigenvalue weighted by atomic mass is 19.4. The van der Waals surface area contributed by atoms with Crippen molar-refractivity contribution in [2.75, 3.05) is 47.0 Å². The minimum absolute atomic E-state index is 0.0978. The van der Waals surface area contributed by atoms with Crippen LogP contribution in [0.3, 0.4) is 0 Å². The van der Waals surface area contributed by atoms with Gasteiger partial charge in [0.2, 0.25) is 0 Å². The fraction of sp³-hybridized carbons (Fsp3) is 0.409. The topological polar surface area (TPSA) is 51.2 Å².